The number of halogens is 1. The maximum absolute atomic E-state index is 15.7. The number of carbonyl (C=O) groups is 1. The average molecular weight is 528 g/mol. The fourth-order valence-electron chi connectivity index (χ4n) is 4.62. The van der Waals surface area contributed by atoms with Crippen LogP contribution in [0.15, 0.2) is 24.9 Å². The van der Waals surface area contributed by atoms with E-state index in [1.807, 2.05) is 34.6 Å². The largest absolute Gasteiger partial charge is 0.472 e. The Kier molecular flexibility index (Phi) is 8.10. The third-order valence-corrected chi connectivity index (χ3v) is 6.44. The molecule has 38 heavy (non-hydrogen) atoms. The number of rotatable bonds is 8. The van der Waals surface area contributed by atoms with E-state index < -0.39 is 23.6 Å². The van der Waals surface area contributed by atoms with Gasteiger partial charge in [0, 0.05) is 37.2 Å². The van der Waals surface area contributed by atoms with E-state index in [0.29, 0.717) is 47.9 Å². The lowest BCUT2D eigenvalue weighted by Gasteiger charge is -2.28. The third-order valence-electron chi connectivity index (χ3n) is 6.44. The molecule has 0 aliphatic carbocycles. The number of likely N-dealkylation sites (N-methyl/N-ethyl adjacent to an activating group) is 1. The van der Waals surface area contributed by atoms with Crippen LogP contribution in [0.3, 0.4) is 0 Å². The lowest BCUT2D eigenvalue weighted by atomic mass is 10.0. The van der Waals surface area contributed by atoms with Crippen molar-refractivity contribution in [1.29, 1.82) is 0 Å². The minimum atomic E-state index is -0.596. The SMILES string of the molecule is C=Cc1nn(C2CCCCO2)c2cc(F)c(-c3cnn(C)c3OC(C)CN(CC)C(=O)OC(C)(C)C)cc12. The van der Waals surface area contributed by atoms with Crippen LogP contribution in [0.4, 0.5) is 9.18 Å². The summed E-state index contributed by atoms with van der Waals surface area (Å²) in [4.78, 5) is 14.2. The van der Waals surface area contributed by atoms with Gasteiger partial charge in [-0.15, -0.1) is 0 Å². The Bertz CT molecular complexity index is 1300. The lowest BCUT2D eigenvalue weighted by Crippen LogP contribution is -2.41. The van der Waals surface area contributed by atoms with Crippen LogP contribution in [-0.4, -0.2) is 62.0 Å². The molecule has 1 aliphatic rings. The van der Waals surface area contributed by atoms with Crippen molar-refractivity contribution in [3.63, 3.8) is 0 Å². The molecule has 1 saturated heterocycles. The summed E-state index contributed by atoms with van der Waals surface area (Å²) in [7, 11) is 1.74. The molecule has 3 aromatic rings. The molecule has 0 N–H and O–H groups in total. The molecule has 0 saturated carbocycles. The molecule has 2 unspecified atom stereocenters. The standard InChI is InChI=1S/C28H38FN5O4/c1-8-23-20-14-19(22(29)15-24(20)34(31-23)25-12-10-11-13-36-25)21-16-30-32(7)26(21)37-18(3)17-33(9-2)27(35)38-28(4,5)6/h8,14-16,18,25H,1,9-13,17H2,2-7H3. The molecule has 1 aliphatic heterocycles. The summed E-state index contributed by atoms with van der Waals surface area (Å²) in [5, 5.41) is 9.78. The molecule has 9 nitrogen and oxygen atoms in total. The predicted molar refractivity (Wildman–Crippen MR) is 144 cm³/mol. The molecule has 1 fully saturated rings. The first-order chi connectivity index (χ1) is 18.0. The van der Waals surface area contributed by atoms with Crippen LogP contribution in [0.5, 0.6) is 5.88 Å². The van der Waals surface area contributed by atoms with Crippen LogP contribution in [0, 0.1) is 5.82 Å². The van der Waals surface area contributed by atoms with Crippen LogP contribution >= 0.6 is 0 Å². The highest BCUT2D eigenvalue weighted by Gasteiger charge is 2.26. The highest BCUT2D eigenvalue weighted by Crippen LogP contribution is 2.37. The summed E-state index contributed by atoms with van der Waals surface area (Å²) in [6, 6.07) is 3.26. The highest BCUT2D eigenvalue weighted by molar-refractivity contribution is 5.91. The summed E-state index contributed by atoms with van der Waals surface area (Å²) in [5.41, 5.74) is 1.58. The maximum Gasteiger partial charge on any atom is 0.410 e. The van der Waals surface area contributed by atoms with E-state index in [1.54, 1.807) is 39.7 Å². The molecule has 0 spiro atoms. The van der Waals surface area contributed by atoms with Gasteiger partial charge in [-0.05, 0) is 66.0 Å². The first-order valence-corrected chi connectivity index (χ1v) is 13.1. The minimum Gasteiger partial charge on any atom is -0.472 e. The summed E-state index contributed by atoms with van der Waals surface area (Å²) >= 11 is 0. The predicted octanol–water partition coefficient (Wildman–Crippen LogP) is 5.94. The second-order valence-corrected chi connectivity index (χ2v) is 10.6. The molecule has 2 atom stereocenters. The number of nitrogens with zero attached hydrogens (tertiary/aromatic N) is 5. The van der Waals surface area contributed by atoms with E-state index >= 15 is 4.39 Å². The van der Waals surface area contributed by atoms with Gasteiger partial charge in [0.15, 0.2) is 6.23 Å². The minimum absolute atomic E-state index is 0.227. The molecule has 1 aromatic carbocycles. The Hall–Kier alpha value is -3.40. The van der Waals surface area contributed by atoms with Crippen LogP contribution in [0.2, 0.25) is 0 Å². The second-order valence-electron chi connectivity index (χ2n) is 10.6. The van der Waals surface area contributed by atoms with Crippen LogP contribution in [0.25, 0.3) is 28.1 Å². The van der Waals surface area contributed by atoms with E-state index in [-0.39, 0.29) is 6.23 Å². The van der Waals surface area contributed by atoms with Crippen molar-refractivity contribution in [2.75, 3.05) is 19.7 Å². The average Bonchev–Trinajstić information content (AvgIpc) is 3.41. The number of benzene rings is 1. The first-order valence-electron chi connectivity index (χ1n) is 13.1. The molecule has 2 aromatic heterocycles. The van der Waals surface area contributed by atoms with Crippen molar-refractivity contribution in [3.8, 4) is 17.0 Å². The first kappa shape index (κ1) is 27.6. The van der Waals surface area contributed by atoms with Crippen LogP contribution < -0.4 is 4.74 Å². The number of amides is 1. The van der Waals surface area contributed by atoms with Crippen molar-refractivity contribution < 1.29 is 23.4 Å². The molecule has 0 bridgehead atoms. The number of ether oxygens (including phenoxy) is 3. The Morgan fingerprint density at radius 3 is 2.74 bits per heavy atom. The third kappa shape index (κ3) is 5.85. The van der Waals surface area contributed by atoms with Crippen molar-refractivity contribution >= 4 is 23.1 Å². The molecule has 206 valence electrons. The molecule has 10 heteroatoms. The van der Waals surface area contributed by atoms with Gasteiger partial charge >= 0.3 is 6.09 Å². The topological polar surface area (TPSA) is 83.6 Å². The fourth-order valence-corrected chi connectivity index (χ4v) is 4.62. The van der Waals surface area contributed by atoms with Crippen molar-refractivity contribution in [3.05, 3.63) is 36.4 Å². The quantitative estimate of drug-likeness (QED) is 0.360. The zero-order chi connectivity index (χ0) is 27.6. The van der Waals surface area contributed by atoms with Gasteiger partial charge in [-0.2, -0.15) is 10.2 Å². The number of aryl methyl sites for hydroxylation is 1. The molecular formula is C28H38FN5O4. The highest BCUT2D eigenvalue weighted by atomic mass is 19.1. The summed E-state index contributed by atoms with van der Waals surface area (Å²) < 4.78 is 36.6. The van der Waals surface area contributed by atoms with Gasteiger partial charge in [0.2, 0.25) is 5.88 Å². The van der Waals surface area contributed by atoms with E-state index in [0.717, 1.165) is 24.6 Å². The second kappa shape index (κ2) is 11.1. The summed E-state index contributed by atoms with van der Waals surface area (Å²) in [6.07, 6.45) is 5.09. The number of carbonyl (C=O) groups excluding carboxylic acids is 1. The van der Waals surface area contributed by atoms with Gasteiger partial charge in [0.05, 0.1) is 29.5 Å². The van der Waals surface area contributed by atoms with Gasteiger partial charge in [0.25, 0.3) is 0 Å². The van der Waals surface area contributed by atoms with Gasteiger partial charge in [0.1, 0.15) is 17.5 Å². The van der Waals surface area contributed by atoms with Gasteiger partial charge in [-0.1, -0.05) is 6.58 Å². The zero-order valence-corrected chi connectivity index (χ0v) is 23.2. The van der Waals surface area contributed by atoms with E-state index in [1.165, 1.54) is 6.07 Å². The van der Waals surface area contributed by atoms with Crippen molar-refractivity contribution in [2.24, 2.45) is 7.05 Å². The molecule has 3 heterocycles. The lowest BCUT2D eigenvalue weighted by molar-refractivity contribution is -0.0367. The van der Waals surface area contributed by atoms with Gasteiger partial charge < -0.3 is 19.1 Å². The Morgan fingerprint density at radius 1 is 1.34 bits per heavy atom. The van der Waals surface area contributed by atoms with Crippen molar-refractivity contribution in [1.82, 2.24) is 24.5 Å². The van der Waals surface area contributed by atoms with Crippen LogP contribution in [0.1, 0.15) is 65.8 Å². The fraction of sp³-hybridized carbons (Fsp3) is 0.536. The maximum atomic E-state index is 15.7. The Morgan fingerprint density at radius 2 is 2.11 bits per heavy atom. The molecule has 4 rings (SSSR count). The molecular weight excluding hydrogens is 489 g/mol. The van der Waals surface area contributed by atoms with E-state index in [9.17, 15) is 4.79 Å². The number of aromatic nitrogens is 4. The smallest absolute Gasteiger partial charge is 0.410 e. The molecule has 0 radical (unpaired) electrons. The molecule has 1 amide bonds. The van der Waals surface area contributed by atoms with Gasteiger partial charge in [-0.25, -0.2) is 18.5 Å². The van der Waals surface area contributed by atoms with Gasteiger partial charge in [-0.3, -0.25) is 0 Å². The van der Waals surface area contributed by atoms with E-state index in [4.69, 9.17) is 14.2 Å². The summed E-state index contributed by atoms with van der Waals surface area (Å²) in [6.45, 7) is 14.5. The Labute approximate surface area is 223 Å². The van der Waals surface area contributed by atoms with E-state index in [2.05, 4.69) is 16.8 Å². The number of hydrogen-bond donors (Lipinski definition) is 0. The normalized spacial score (nSPS) is 16.9. The summed E-state index contributed by atoms with van der Waals surface area (Å²) in [5.74, 6) is -0.0151. The zero-order valence-electron chi connectivity index (χ0n) is 23.2. The van der Waals surface area contributed by atoms with Crippen LogP contribution in [-0.2, 0) is 16.5 Å². The number of hydrogen-bond acceptors (Lipinski definition) is 6. The monoisotopic (exact) mass is 527 g/mol. The van der Waals surface area contributed by atoms with Crippen molar-refractivity contribution in [2.45, 2.75) is 71.8 Å². The Balaban J connectivity index is 1.63. The number of fused-ring (bicyclic) bond motifs is 1.